The van der Waals surface area contributed by atoms with Crippen LogP contribution in [-0.2, 0) is 0 Å². The van der Waals surface area contributed by atoms with Gasteiger partial charge in [0.1, 0.15) is 0 Å². The number of benzene rings is 1. The SMILES string of the molecule is NSc1nc(-c2ccccc2)c(C2CCCCC2)s1. The third-order valence-electron chi connectivity index (χ3n) is 3.76. The smallest absolute Gasteiger partial charge is 0.165 e. The predicted octanol–water partition coefficient (Wildman–Crippen LogP) is 4.82. The van der Waals surface area contributed by atoms with Crippen molar-refractivity contribution in [2.75, 3.05) is 0 Å². The van der Waals surface area contributed by atoms with Crippen molar-refractivity contribution in [2.24, 2.45) is 5.14 Å². The van der Waals surface area contributed by atoms with Crippen molar-refractivity contribution in [1.29, 1.82) is 0 Å². The minimum absolute atomic E-state index is 0.683. The van der Waals surface area contributed by atoms with Gasteiger partial charge in [-0.2, -0.15) is 0 Å². The van der Waals surface area contributed by atoms with Crippen molar-refractivity contribution in [3.8, 4) is 11.3 Å². The highest BCUT2D eigenvalue weighted by Gasteiger charge is 2.23. The molecule has 1 aromatic carbocycles. The van der Waals surface area contributed by atoms with Crippen molar-refractivity contribution < 1.29 is 0 Å². The molecular weight excluding hydrogens is 272 g/mol. The van der Waals surface area contributed by atoms with Crippen molar-refractivity contribution >= 4 is 23.3 Å². The molecular formula is C15H18N2S2. The Morgan fingerprint density at radius 3 is 2.53 bits per heavy atom. The molecule has 0 unspecified atom stereocenters. The summed E-state index contributed by atoms with van der Waals surface area (Å²) in [6.07, 6.45) is 6.69. The fourth-order valence-corrected chi connectivity index (χ4v) is 4.40. The Labute approximate surface area is 122 Å². The lowest BCUT2D eigenvalue weighted by Gasteiger charge is -2.21. The first kappa shape index (κ1) is 13.2. The molecule has 1 aromatic heterocycles. The van der Waals surface area contributed by atoms with Crippen molar-refractivity contribution in [3.05, 3.63) is 35.2 Å². The summed E-state index contributed by atoms with van der Waals surface area (Å²) in [5, 5.41) is 5.70. The van der Waals surface area contributed by atoms with E-state index < -0.39 is 0 Å². The summed E-state index contributed by atoms with van der Waals surface area (Å²) in [4.78, 5) is 6.17. The second kappa shape index (κ2) is 6.07. The van der Waals surface area contributed by atoms with Crippen LogP contribution in [0.25, 0.3) is 11.3 Å². The molecule has 19 heavy (non-hydrogen) atoms. The fourth-order valence-electron chi connectivity index (χ4n) is 2.81. The lowest BCUT2D eigenvalue weighted by molar-refractivity contribution is 0.448. The van der Waals surface area contributed by atoms with Gasteiger partial charge in [-0.25, -0.2) is 4.98 Å². The van der Waals surface area contributed by atoms with Crippen LogP contribution < -0.4 is 5.14 Å². The molecule has 2 N–H and O–H groups in total. The van der Waals surface area contributed by atoms with Crippen molar-refractivity contribution in [2.45, 2.75) is 42.4 Å². The van der Waals surface area contributed by atoms with Crippen LogP contribution in [0.3, 0.4) is 0 Å². The van der Waals surface area contributed by atoms with Crippen LogP contribution in [0.4, 0.5) is 0 Å². The molecule has 0 atom stereocenters. The van der Waals surface area contributed by atoms with E-state index in [0.29, 0.717) is 5.92 Å². The maximum absolute atomic E-state index is 5.70. The standard InChI is InChI=1S/C15H18N2S2/c16-19-15-17-13(11-7-3-1-4-8-11)14(18-15)12-9-5-2-6-10-12/h1,3-4,7-8,12H,2,5-6,9-10,16H2. The van der Waals surface area contributed by atoms with Gasteiger partial charge in [-0.3, -0.25) is 5.14 Å². The lowest BCUT2D eigenvalue weighted by atomic mass is 9.87. The summed E-state index contributed by atoms with van der Waals surface area (Å²) in [7, 11) is 0. The zero-order valence-electron chi connectivity index (χ0n) is 10.8. The average Bonchev–Trinajstić information content (AvgIpc) is 2.93. The molecule has 0 spiro atoms. The van der Waals surface area contributed by atoms with Gasteiger partial charge in [-0.1, -0.05) is 49.6 Å². The van der Waals surface area contributed by atoms with E-state index >= 15 is 0 Å². The van der Waals surface area contributed by atoms with E-state index in [1.54, 1.807) is 11.3 Å². The van der Waals surface area contributed by atoms with Gasteiger partial charge >= 0.3 is 0 Å². The molecule has 1 aliphatic rings. The fraction of sp³-hybridized carbons (Fsp3) is 0.400. The van der Waals surface area contributed by atoms with Gasteiger partial charge in [0.25, 0.3) is 0 Å². The number of aromatic nitrogens is 1. The molecule has 3 rings (SSSR count). The number of thiazole rings is 1. The van der Waals surface area contributed by atoms with Gasteiger partial charge in [-0.05, 0) is 30.7 Å². The number of hydrogen-bond acceptors (Lipinski definition) is 4. The van der Waals surface area contributed by atoms with Crippen LogP contribution in [0.5, 0.6) is 0 Å². The van der Waals surface area contributed by atoms with Gasteiger partial charge < -0.3 is 0 Å². The third-order valence-corrected chi connectivity index (χ3v) is 5.60. The van der Waals surface area contributed by atoms with E-state index in [9.17, 15) is 0 Å². The Kier molecular flexibility index (Phi) is 4.21. The molecule has 1 heterocycles. The summed E-state index contributed by atoms with van der Waals surface area (Å²) < 4.78 is 0.986. The topological polar surface area (TPSA) is 38.9 Å². The summed E-state index contributed by atoms with van der Waals surface area (Å²) in [6.45, 7) is 0. The largest absolute Gasteiger partial charge is 0.272 e. The van der Waals surface area contributed by atoms with Gasteiger partial charge in [0.05, 0.1) is 5.69 Å². The highest BCUT2D eigenvalue weighted by molar-refractivity contribution is 7.98. The molecule has 1 saturated carbocycles. The van der Waals surface area contributed by atoms with E-state index in [1.807, 2.05) is 0 Å². The maximum Gasteiger partial charge on any atom is 0.165 e. The molecule has 0 bridgehead atoms. The molecule has 0 saturated heterocycles. The van der Waals surface area contributed by atoms with Gasteiger partial charge in [0.2, 0.25) is 0 Å². The number of nitrogens with two attached hydrogens (primary N) is 1. The first-order valence-corrected chi connectivity index (χ1v) is 8.51. The highest BCUT2D eigenvalue weighted by atomic mass is 32.2. The minimum atomic E-state index is 0.683. The van der Waals surface area contributed by atoms with Crippen molar-refractivity contribution in [1.82, 2.24) is 4.98 Å². The molecule has 0 aliphatic heterocycles. The number of hydrogen-bond donors (Lipinski definition) is 1. The maximum atomic E-state index is 5.70. The van der Waals surface area contributed by atoms with E-state index in [1.165, 1.54) is 54.5 Å². The van der Waals surface area contributed by atoms with Crippen LogP contribution in [0, 0.1) is 0 Å². The molecule has 2 nitrogen and oxygen atoms in total. The monoisotopic (exact) mass is 290 g/mol. The van der Waals surface area contributed by atoms with Crippen LogP contribution in [0.15, 0.2) is 34.7 Å². The van der Waals surface area contributed by atoms with E-state index in [4.69, 9.17) is 10.1 Å². The van der Waals surface area contributed by atoms with Crippen LogP contribution in [0.2, 0.25) is 0 Å². The van der Waals surface area contributed by atoms with Gasteiger partial charge in [-0.15, -0.1) is 11.3 Å². The number of nitrogens with zero attached hydrogens (tertiary/aromatic N) is 1. The Bertz CT molecular complexity index is 530. The van der Waals surface area contributed by atoms with Crippen molar-refractivity contribution in [3.63, 3.8) is 0 Å². The quantitative estimate of drug-likeness (QED) is 0.823. The van der Waals surface area contributed by atoms with E-state index in [-0.39, 0.29) is 0 Å². The second-order valence-electron chi connectivity index (χ2n) is 5.01. The molecule has 100 valence electrons. The van der Waals surface area contributed by atoms with E-state index in [2.05, 4.69) is 30.3 Å². The van der Waals surface area contributed by atoms with Crippen LogP contribution >= 0.6 is 23.3 Å². The summed E-state index contributed by atoms with van der Waals surface area (Å²) in [5.74, 6) is 0.683. The summed E-state index contributed by atoms with van der Waals surface area (Å²) in [6, 6.07) is 10.5. The summed E-state index contributed by atoms with van der Waals surface area (Å²) >= 11 is 3.06. The van der Waals surface area contributed by atoms with Gasteiger partial charge in [0.15, 0.2) is 4.34 Å². The molecule has 4 heteroatoms. The summed E-state index contributed by atoms with van der Waals surface area (Å²) in [5.41, 5.74) is 2.38. The zero-order chi connectivity index (χ0) is 13.1. The molecule has 2 aromatic rings. The second-order valence-corrected chi connectivity index (χ2v) is 6.92. The Morgan fingerprint density at radius 2 is 1.84 bits per heavy atom. The first-order chi connectivity index (χ1) is 9.38. The van der Waals surface area contributed by atoms with Crippen LogP contribution in [0.1, 0.15) is 42.9 Å². The lowest BCUT2D eigenvalue weighted by Crippen LogP contribution is -2.03. The number of rotatable bonds is 3. The third kappa shape index (κ3) is 2.86. The molecule has 1 aliphatic carbocycles. The zero-order valence-corrected chi connectivity index (χ0v) is 12.5. The molecule has 0 radical (unpaired) electrons. The normalized spacial score (nSPS) is 16.7. The minimum Gasteiger partial charge on any atom is -0.272 e. The van der Waals surface area contributed by atoms with Gasteiger partial charge in [0, 0.05) is 10.4 Å². The van der Waals surface area contributed by atoms with Crippen LogP contribution in [-0.4, -0.2) is 4.98 Å². The molecule has 0 amide bonds. The Morgan fingerprint density at radius 1 is 1.11 bits per heavy atom. The molecule has 1 fully saturated rings. The highest BCUT2D eigenvalue weighted by Crippen LogP contribution is 2.42. The van der Waals surface area contributed by atoms with E-state index in [0.717, 1.165) is 10.0 Å². The predicted molar refractivity (Wildman–Crippen MR) is 83.4 cm³/mol. The first-order valence-electron chi connectivity index (χ1n) is 6.81. The Balaban J connectivity index is 2.00. The average molecular weight is 290 g/mol. The Hall–Kier alpha value is -0.840.